The molecule has 6 nitrogen and oxygen atoms in total. The van der Waals surface area contributed by atoms with Crippen molar-refractivity contribution < 1.29 is 4.79 Å². The van der Waals surface area contributed by atoms with Crippen LogP contribution in [0.25, 0.3) is 0 Å². The Kier molecular flexibility index (Phi) is 5.07. The fourth-order valence-corrected chi connectivity index (χ4v) is 2.83. The molecule has 0 fully saturated rings. The van der Waals surface area contributed by atoms with E-state index in [0.29, 0.717) is 0 Å². The zero-order valence-corrected chi connectivity index (χ0v) is 16.1. The van der Waals surface area contributed by atoms with E-state index in [1.165, 1.54) is 4.90 Å². The summed E-state index contributed by atoms with van der Waals surface area (Å²) in [6.45, 7) is 0. The Morgan fingerprint density at radius 1 is 0.552 bits per heavy atom. The molecule has 5 heterocycles. The van der Waals surface area contributed by atoms with Gasteiger partial charge in [-0.05, 0) is 72.9 Å². The third-order valence-corrected chi connectivity index (χ3v) is 4.13. The highest BCUT2D eigenvalue weighted by Crippen LogP contribution is 2.20. The highest BCUT2D eigenvalue weighted by molar-refractivity contribution is 6.14. The topological polar surface area (TPSA) is 69.8 Å². The molecule has 0 saturated heterocycles. The molecule has 5 aliphatic rings. The molecule has 0 aliphatic carbocycles. The average Bonchev–Trinajstić information content (AvgIpc) is 3.47. The van der Waals surface area contributed by atoms with Gasteiger partial charge in [0, 0.05) is 14.1 Å². The first-order valence-corrected chi connectivity index (χ1v) is 9.13. The van der Waals surface area contributed by atoms with E-state index in [0.717, 1.165) is 52.0 Å². The van der Waals surface area contributed by atoms with E-state index >= 15 is 0 Å². The number of rotatable bonds is 1. The molecule has 0 aromatic heterocycles. The Morgan fingerprint density at radius 2 is 0.793 bits per heavy atom. The minimum Gasteiger partial charge on any atom is -0.351 e. The van der Waals surface area contributed by atoms with Crippen molar-refractivity contribution in [1.82, 2.24) is 4.90 Å². The van der Waals surface area contributed by atoms with Crippen molar-refractivity contribution in [1.29, 1.82) is 0 Å². The highest BCUT2D eigenvalue weighted by Gasteiger charge is 2.11. The van der Waals surface area contributed by atoms with Gasteiger partial charge in [-0.1, -0.05) is 0 Å². The summed E-state index contributed by atoms with van der Waals surface area (Å²) in [7, 11) is 3.38. The summed E-state index contributed by atoms with van der Waals surface area (Å²) in [5, 5.41) is 0. The predicted molar refractivity (Wildman–Crippen MR) is 118 cm³/mol. The van der Waals surface area contributed by atoms with Gasteiger partial charge >= 0.3 is 0 Å². The third-order valence-electron chi connectivity index (χ3n) is 4.13. The van der Waals surface area contributed by atoms with E-state index in [1.807, 2.05) is 72.9 Å². The molecule has 5 rings (SSSR count). The van der Waals surface area contributed by atoms with Crippen molar-refractivity contribution in [2.45, 2.75) is 0 Å². The Labute approximate surface area is 169 Å². The summed E-state index contributed by atoms with van der Waals surface area (Å²) in [5.74, 6) is 0. The van der Waals surface area contributed by atoms with Crippen LogP contribution in [0.1, 0.15) is 0 Å². The smallest absolute Gasteiger partial charge is 0.209 e. The van der Waals surface area contributed by atoms with Crippen molar-refractivity contribution >= 4 is 29.3 Å². The molecule has 0 spiro atoms. The number of carbonyl (C=O) groups is 1. The third kappa shape index (κ3) is 4.68. The maximum absolute atomic E-state index is 9.43. The van der Waals surface area contributed by atoms with Gasteiger partial charge in [-0.3, -0.25) is 4.79 Å². The maximum Gasteiger partial charge on any atom is 0.209 e. The molecule has 6 heteroatoms. The molecule has 0 saturated carbocycles. The van der Waals surface area contributed by atoms with Crippen LogP contribution >= 0.6 is 0 Å². The highest BCUT2D eigenvalue weighted by atomic mass is 16.1. The van der Waals surface area contributed by atoms with Gasteiger partial charge in [-0.15, -0.1) is 0 Å². The summed E-state index contributed by atoms with van der Waals surface area (Å²) < 4.78 is 0. The summed E-state index contributed by atoms with van der Waals surface area (Å²) in [4.78, 5) is 29.3. The molecule has 0 N–H and O–H groups in total. The zero-order valence-electron chi connectivity index (χ0n) is 16.1. The van der Waals surface area contributed by atoms with Crippen LogP contribution in [0.2, 0.25) is 0 Å². The molecular formula is C23H19N5O. The first-order chi connectivity index (χ1) is 14.1. The second-order valence-electron chi connectivity index (χ2n) is 6.83. The number of aliphatic imine (C=N–C) groups is 4. The van der Waals surface area contributed by atoms with E-state index in [1.54, 1.807) is 14.1 Å². The van der Waals surface area contributed by atoms with Crippen LogP contribution in [0.15, 0.2) is 116 Å². The Balaban J connectivity index is 0.000000369. The van der Waals surface area contributed by atoms with Gasteiger partial charge in [0.25, 0.3) is 0 Å². The molecule has 0 unspecified atom stereocenters. The van der Waals surface area contributed by atoms with Gasteiger partial charge in [0.1, 0.15) is 0 Å². The molecule has 0 aromatic carbocycles. The summed E-state index contributed by atoms with van der Waals surface area (Å²) >= 11 is 0. The van der Waals surface area contributed by atoms with Gasteiger partial charge in [-0.2, -0.15) is 0 Å². The quantitative estimate of drug-likeness (QED) is 0.643. The standard InChI is InChI=1S/C20H12N4.C3H7NO/c1-2-14-10-16-5-6-18(23-16)12-20-8-7-19(24-20)11-17-4-3-15(22-17)9-13(1)21-14;1-4(2)3-5/h1-12H;3H,1-2H3. The number of fused-ring (bicyclic) bond motifs is 4. The number of hydrogen-bond acceptors (Lipinski definition) is 5. The number of hydrogen-bond donors (Lipinski definition) is 0. The van der Waals surface area contributed by atoms with Gasteiger partial charge in [0.15, 0.2) is 0 Å². The zero-order chi connectivity index (χ0) is 20.2. The molecular weight excluding hydrogens is 362 g/mol. The number of amides is 1. The monoisotopic (exact) mass is 381 g/mol. The molecule has 8 bridgehead atoms. The lowest BCUT2D eigenvalue weighted by Crippen LogP contribution is -2.06. The molecule has 5 aliphatic heterocycles. The SMILES string of the molecule is C1=CC2=NC1=CC1=NC(=CC3=NC(=CC4=NC(=C2)C=C4)C=C3)C=C1.CN(C)C=O. The molecule has 0 radical (unpaired) electrons. The van der Waals surface area contributed by atoms with Crippen LogP contribution < -0.4 is 0 Å². The normalized spacial score (nSPS) is 19.9. The van der Waals surface area contributed by atoms with E-state index < -0.39 is 0 Å². The lowest BCUT2D eigenvalue weighted by Gasteiger charge is -1.94. The number of allylic oxidation sites excluding steroid dienone is 12. The second-order valence-corrected chi connectivity index (χ2v) is 6.83. The number of nitrogens with zero attached hydrogens (tertiary/aromatic N) is 5. The van der Waals surface area contributed by atoms with Crippen LogP contribution in [-0.2, 0) is 4.79 Å². The van der Waals surface area contributed by atoms with Crippen LogP contribution in [0, 0.1) is 0 Å². The Hall–Kier alpha value is -3.93. The molecule has 0 atom stereocenters. The van der Waals surface area contributed by atoms with E-state index in [4.69, 9.17) is 0 Å². The lowest BCUT2D eigenvalue weighted by molar-refractivity contribution is -0.115. The second kappa shape index (κ2) is 7.98. The average molecular weight is 381 g/mol. The minimum atomic E-state index is 0.750. The Bertz CT molecular complexity index is 942. The predicted octanol–water partition coefficient (Wildman–Crippen LogP) is 3.28. The van der Waals surface area contributed by atoms with Crippen LogP contribution in [0.4, 0.5) is 0 Å². The fourth-order valence-electron chi connectivity index (χ4n) is 2.83. The van der Waals surface area contributed by atoms with Gasteiger partial charge in [-0.25, -0.2) is 20.0 Å². The van der Waals surface area contributed by atoms with Crippen LogP contribution in [-0.4, -0.2) is 48.3 Å². The first-order valence-electron chi connectivity index (χ1n) is 9.13. The fraction of sp³-hybridized carbons (Fsp3) is 0.0870. The lowest BCUT2D eigenvalue weighted by atomic mass is 10.2. The van der Waals surface area contributed by atoms with E-state index in [9.17, 15) is 4.79 Å². The molecule has 1 amide bonds. The van der Waals surface area contributed by atoms with E-state index in [-0.39, 0.29) is 0 Å². The molecule has 29 heavy (non-hydrogen) atoms. The summed E-state index contributed by atoms with van der Waals surface area (Å²) in [5.41, 5.74) is 7.15. The summed E-state index contributed by atoms with van der Waals surface area (Å²) in [6, 6.07) is 0. The maximum atomic E-state index is 9.43. The van der Waals surface area contributed by atoms with Gasteiger partial charge in [0.05, 0.1) is 45.6 Å². The number of carbonyl (C=O) groups excluding carboxylic acids is 1. The first kappa shape index (κ1) is 18.4. The van der Waals surface area contributed by atoms with Gasteiger partial charge < -0.3 is 4.90 Å². The molecule has 142 valence electrons. The van der Waals surface area contributed by atoms with Crippen molar-refractivity contribution in [3.05, 3.63) is 95.7 Å². The van der Waals surface area contributed by atoms with Crippen molar-refractivity contribution in [3.63, 3.8) is 0 Å². The molecule has 0 aromatic rings. The minimum absolute atomic E-state index is 0.750. The van der Waals surface area contributed by atoms with E-state index in [2.05, 4.69) is 20.0 Å². The summed E-state index contributed by atoms with van der Waals surface area (Å²) in [6.07, 6.45) is 24.6. The van der Waals surface area contributed by atoms with Crippen LogP contribution in [0.5, 0.6) is 0 Å². The Morgan fingerprint density at radius 3 is 1.00 bits per heavy atom. The van der Waals surface area contributed by atoms with Crippen molar-refractivity contribution in [2.75, 3.05) is 14.1 Å². The van der Waals surface area contributed by atoms with Gasteiger partial charge in [0.2, 0.25) is 6.41 Å². The van der Waals surface area contributed by atoms with Crippen molar-refractivity contribution in [2.24, 2.45) is 20.0 Å². The van der Waals surface area contributed by atoms with Crippen molar-refractivity contribution in [3.8, 4) is 0 Å². The van der Waals surface area contributed by atoms with Crippen LogP contribution in [0.3, 0.4) is 0 Å². The largest absolute Gasteiger partial charge is 0.351 e.